The van der Waals surface area contributed by atoms with Crippen LogP contribution < -0.4 is 0 Å². The van der Waals surface area contributed by atoms with Crippen LogP contribution >= 0.6 is 0 Å². The number of nitrogens with one attached hydrogen (secondary N) is 1. The fraction of sp³-hybridized carbons (Fsp3) is 0.429. The van der Waals surface area contributed by atoms with Gasteiger partial charge in [-0.25, -0.2) is 9.78 Å². The molecule has 1 aromatic heterocycles. The summed E-state index contributed by atoms with van der Waals surface area (Å²) in [4.78, 5) is 19.5. The quantitative estimate of drug-likeness (QED) is 0.842. The van der Waals surface area contributed by atoms with E-state index in [0.29, 0.717) is 17.0 Å². The average molecular weight is 246 g/mol. The SMILES string of the molecule is CCCC(C)c1nc2c(C(=O)OC)cccc2[nH]1. The zero-order chi connectivity index (χ0) is 13.1. The van der Waals surface area contributed by atoms with Gasteiger partial charge in [-0.3, -0.25) is 0 Å². The Kier molecular flexibility index (Phi) is 3.65. The number of ether oxygens (including phenoxy) is 1. The maximum Gasteiger partial charge on any atom is 0.340 e. The summed E-state index contributed by atoms with van der Waals surface area (Å²) in [6, 6.07) is 5.50. The van der Waals surface area contributed by atoms with Gasteiger partial charge in [0.25, 0.3) is 0 Å². The van der Waals surface area contributed by atoms with Crippen molar-refractivity contribution in [2.45, 2.75) is 32.6 Å². The Labute approximate surface area is 106 Å². The maximum absolute atomic E-state index is 11.7. The zero-order valence-electron chi connectivity index (χ0n) is 11.0. The van der Waals surface area contributed by atoms with Crippen LogP contribution in [0.3, 0.4) is 0 Å². The lowest BCUT2D eigenvalue weighted by molar-refractivity contribution is 0.0603. The standard InChI is InChI=1S/C14H18N2O2/c1-4-6-9(2)13-15-11-8-5-7-10(12(11)16-13)14(17)18-3/h5,7-9H,4,6H2,1-3H3,(H,15,16). The third-order valence-corrected chi connectivity index (χ3v) is 3.12. The topological polar surface area (TPSA) is 55.0 Å². The fourth-order valence-electron chi connectivity index (χ4n) is 2.13. The minimum Gasteiger partial charge on any atom is -0.465 e. The summed E-state index contributed by atoms with van der Waals surface area (Å²) in [5.41, 5.74) is 2.10. The highest BCUT2D eigenvalue weighted by Gasteiger charge is 2.16. The molecule has 0 spiro atoms. The molecule has 1 atom stereocenters. The van der Waals surface area contributed by atoms with Crippen LogP contribution in [0, 0.1) is 0 Å². The fourth-order valence-corrected chi connectivity index (χ4v) is 2.13. The molecule has 1 unspecified atom stereocenters. The van der Waals surface area contributed by atoms with Gasteiger partial charge in [-0.2, -0.15) is 0 Å². The molecule has 0 aliphatic rings. The number of hydrogen-bond donors (Lipinski definition) is 1. The van der Waals surface area contributed by atoms with Crippen molar-refractivity contribution >= 4 is 17.0 Å². The molecule has 1 N–H and O–H groups in total. The second kappa shape index (κ2) is 5.21. The number of aromatic amines is 1. The van der Waals surface area contributed by atoms with E-state index in [-0.39, 0.29) is 5.97 Å². The first-order valence-corrected chi connectivity index (χ1v) is 6.24. The molecular formula is C14H18N2O2. The normalized spacial score (nSPS) is 12.6. The summed E-state index contributed by atoms with van der Waals surface area (Å²) in [7, 11) is 1.38. The molecule has 0 saturated carbocycles. The predicted octanol–water partition coefficient (Wildman–Crippen LogP) is 3.25. The van der Waals surface area contributed by atoms with Gasteiger partial charge in [0.1, 0.15) is 11.3 Å². The molecule has 0 radical (unpaired) electrons. The third kappa shape index (κ3) is 2.23. The van der Waals surface area contributed by atoms with Gasteiger partial charge in [0.2, 0.25) is 0 Å². The smallest absolute Gasteiger partial charge is 0.340 e. The lowest BCUT2D eigenvalue weighted by Gasteiger charge is -2.04. The summed E-state index contributed by atoms with van der Waals surface area (Å²) in [5, 5.41) is 0. The zero-order valence-corrected chi connectivity index (χ0v) is 11.0. The van der Waals surface area contributed by atoms with Crippen molar-refractivity contribution in [1.29, 1.82) is 0 Å². The largest absolute Gasteiger partial charge is 0.465 e. The number of nitrogens with zero attached hydrogens (tertiary/aromatic N) is 1. The van der Waals surface area contributed by atoms with Crippen LogP contribution in [0.4, 0.5) is 0 Å². The Morgan fingerprint density at radius 1 is 1.50 bits per heavy atom. The lowest BCUT2D eigenvalue weighted by Crippen LogP contribution is -2.02. The summed E-state index contributed by atoms with van der Waals surface area (Å²) in [6.45, 7) is 4.29. The number of methoxy groups -OCH3 is 1. The monoisotopic (exact) mass is 246 g/mol. The number of H-pyrrole nitrogens is 1. The van der Waals surface area contributed by atoms with Crippen molar-refractivity contribution in [2.75, 3.05) is 7.11 Å². The van der Waals surface area contributed by atoms with Crippen molar-refractivity contribution in [3.05, 3.63) is 29.6 Å². The van der Waals surface area contributed by atoms with Crippen LogP contribution in [-0.2, 0) is 4.74 Å². The molecule has 4 heteroatoms. The second-order valence-corrected chi connectivity index (χ2v) is 4.51. The highest BCUT2D eigenvalue weighted by Crippen LogP contribution is 2.23. The number of rotatable bonds is 4. The van der Waals surface area contributed by atoms with E-state index in [4.69, 9.17) is 4.74 Å². The number of fused-ring (bicyclic) bond motifs is 1. The second-order valence-electron chi connectivity index (χ2n) is 4.51. The van der Waals surface area contributed by atoms with Crippen molar-refractivity contribution in [3.8, 4) is 0 Å². The van der Waals surface area contributed by atoms with E-state index in [1.54, 1.807) is 6.07 Å². The number of hydrogen-bond acceptors (Lipinski definition) is 3. The first-order valence-electron chi connectivity index (χ1n) is 6.24. The number of imidazole rings is 1. The Bertz CT molecular complexity index is 560. The molecule has 0 amide bonds. The summed E-state index contributed by atoms with van der Waals surface area (Å²) >= 11 is 0. The molecule has 1 heterocycles. The Hall–Kier alpha value is -1.84. The van der Waals surface area contributed by atoms with Gasteiger partial charge < -0.3 is 9.72 Å². The highest BCUT2D eigenvalue weighted by atomic mass is 16.5. The summed E-state index contributed by atoms with van der Waals surface area (Å²) in [5.74, 6) is 0.956. The molecular weight excluding hydrogens is 228 g/mol. The molecule has 0 aliphatic heterocycles. The number of carbonyl (C=O) groups is 1. The number of carbonyl (C=O) groups excluding carboxylic acids is 1. The number of benzene rings is 1. The van der Waals surface area contributed by atoms with E-state index in [1.807, 2.05) is 12.1 Å². The first-order chi connectivity index (χ1) is 8.67. The lowest BCUT2D eigenvalue weighted by atomic mass is 10.1. The number of aromatic nitrogens is 2. The van der Waals surface area contributed by atoms with Crippen LogP contribution in [0.5, 0.6) is 0 Å². The van der Waals surface area contributed by atoms with Crippen molar-refractivity contribution in [2.24, 2.45) is 0 Å². The molecule has 0 aliphatic carbocycles. The van der Waals surface area contributed by atoms with E-state index in [1.165, 1.54) is 7.11 Å². The Morgan fingerprint density at radius 2 is 2.28 bits per heavy atom. The average Bonchev–Trinajstić information content (AvgIpc) is 2.81. The Morgan fingerprint density at radius 3 is 2.94 bits per heavy atom. The summed E-state index contributed by atoms with van der Waals surface area (Å²) in [6.07, 6.45) is 2.19. The predicted molar refractivity (Wildman–Crippen MR) is 70.8 cm³/mol. The van der Waals surface area contributed by atoms with Gasteiger partial charge >= 0.3 is 5.97 Å². The molecule has 0 saturated heterocycles. The molecule has 96 valence electrons. The van der Waals surface area contributed by atoms with Gasteiger partial charge in [0.15, 0.2) is 0 Å². The number of para-hydroxylation sites is 1. The molecule has 1 aromatic carbocycles. The highest BCUT2D eigenvalue weighted by molar-refractivity contribution is 6.01. The van der Waals surface area contributed by atoms with Gasteiger partial charge in [0, 0.05) is 5.92 Å². The van der Waals surface area contributed by atoms with Crippen LogP contribution in [-0.4, -0.2) is 23.0 Å². The Balaban J connectivity index is 2.47. The van der Waals surface area contributed by atoms with Crippen LogP contribution in [0.15, 0.2) is 18.2 Å². The van der Waals surface area contributed by atoms with E-state index >= 15 is 0 Å². The van der Waals surface area contributed by atoms with E-state index in [0.717, 1.165) is 24.2 Å². The van der Waals surface area contributed by atoms with Crippen molar-refractivity contribution < 1.29 is 9.53 Å². The molecule has 18 heavy (non-hydrogen) atoms. The molecule has 2 rings (SSSR count). The molecule has 0 fully saturated rings. The van der Waals surface area contributed by atoms with E-state index in [2.05, 4.69) is 23.8 Å². The van der Waals surface area contributed by atoms with Crippen LogP contribution in [0.25, 0.3) is 11.0 Å². The van der Waals surface area contributed by atoms with Gasteiger partial charge in [-0.05, 0) is 18.6 Å². The van der Waals surface area contributed by atoms with Gasteiger partial charge in [-0.15, -0.1) is 0 Å². The van der Waals surface area contributed by atoms with Gasteiger partial charge in [-0.1, -0.05) is 26.3 Å². The minimum atomic E-state index is -0.346. The number of esters is 1. The van der Waals surface area contributed by atoms with Crippen LogP contribution in [0.2, 0.25) is 0 Å². The molecule has 2 aromatic rings. The van der Waals surface area contributed by atoms with Gasteiger partial charge in [0.05, 0.1) is 18.2 Å². The maximum atomic E-state index is 11.7. The third-order valence-electron chi connectivity index (χ3n) is 3.12. The van der Waals surface area contributed by atoms with Crippen molar-refractivity contribution in [3.63, 3.8) is 0 Å². The van der Waals surface area contributed by atoms with Crippen LogP contribution in [0.1, 0.15) is 48.8 Å². The molecule has 0 bridgehead atoms. The summed E-state index contributed by atoms with van der Waals surface area (Å²) < 4.78 is 4.77. The van der Waals surface area contributed by atoms with E-state index in [9.17, 15) is 4.79 Å². The van der Waals surface area contributed by atoms with E-state index < -0.39 is 0 Å². The van der Waals surface area contributed by atoms with Crippen molar-refractivity contribution in [1.82, 2.24) is 9.97 Å². The first kappa shape index (κ1) is 12.6. The minimum absolute atomic E-state index is 0.346. The molecule has 4 nitrogen and oxygen atoms in total.